The minimum absolute atomic E-state index is 0.422. The molecule has 3 aromatic rings. The van der Waals surface area contributed by atoms with Crippen LogP contribution in [-0.4, -0.2) is 29.9 Å². The molecule has 0 aliphatic heterocycles. The van der Waals surface area contributed by atoms with Crippen molar-refractivity contribution in [2.24, 2.45) is 0 Å². The molecule has 0 radical (unpaired) electrons. The summed E-state index contributed by atoms with van der Waals surface area (Å²) in [7, 11) is 0. The van der Waals surface area contributed by atoms with Crippen LogP contribution in [0, 0.1) is 0 Å². The smallest absolute Gasteiger partial charge is 0.223 e. The third-order valence-electron chi connectivity index (χ3n) is 1.97. The van der Waals surface area contributed by atoms with E-state index >= 15 is 0 Å². The van der Waals surface area contributed by atoms with Gasteiger partial charge >= 0.3 is 0 Å². The topological polar surface area (TPSA) is 69.4 Å². The Morgan fingerprint density at radius 1 is 1.00 bits per heavy atom. The Kier molecular flexibility index (Phi) is 1.64. The van der Waals surface area contributed by atoms with E-state index in [0.717, 1.165) is 11.0 Å². The lowest BCUT2D eigenvalue weighted by Gasteiger charge is -1.98. The molecule has 0 bridgehead atoms. The van der Waals surface area contributed by atoms with Gasteiger partial charge in [0.2, 0.25) is 0 Å². The fourth-order valence-corrected chi connectivity index (χ4v) is 1.28. The van der Waals surface area contributed by atoms with E-state index in [1.165, 1.54) is 17.3 Å². The predicted octanol–water partition coefficient (Wildman–Crippen LogP) is 0.605. The van der Waals surface area contributed by atoms with Crippen LogP contribution in [0.15, 0.2) is 36.9 Å². The summed E-state index contributed by atoms with van der Waals surface area (Å²) in [6.07, 6.45) is 2.96. The van der Waals surface area contributed by atoms with Crippen LogP contribution in [0.4, 0.5) is 0 Å². The molecular weight excluding hydrogens is 192 g/mol. The quantitative estimate of drug-likeness (QED) is 0.572. The largest absolute Gasteiger partial charge is 0.272 e. The van der Waals surface area contributed by atoms with E-state index in [2.05, 4.69) is 25.3 Å². The Balaban J connectivity index is 2.22. The van der Waals surface area contributed by atoms with Crippen molar-refractivity contribution in [1.29, 1.82) is 0 Å². The van der Waals surface area contributed by atoms with E-state index in [1.807, 2.05) is 24.3 Å². The second-order valence-corrected chi connectivity index (χ2v) is 2.94. The molecule has 0 aliphatic carbocycles. The molecule has 3 rings (SSSR count). The first kappa shape index (κ1) is 7.98. The van der Waals surface area contributed by atoms with E-state index in [9.17, 15) is 0 Å². The first-order valence-electron chi connectivity index (χ1n) is 4.38. The molecule has 0 amide bonds. The molecule has 6 heteroatoms. The van der Waals surface area contributed by atoms with Gasteiger partial charge in [0.25, 0.3) is 5.95 Å². The summed E-state index contributed by atoms with van der Waals surface area (Å²) in [6.45, 7) is 0. The number of nitrogens with zero attached hydrogens (tertiary/aromatic N) is 6. The third kappa shape index (κ3) is 1.32. The molecule has 2 heterocycles. The average molecular weight is 198 g/mol. The van der Waals surface area contributed by atoms with Gasteiger partial charge in [0.05, 0.1) is 5.52 Å². The van der Waals surface area contributed by atoms with Gasteiger partial charge < -0.3 is 0 Å². The van der Waals surface area contributed by atoms with Crippen LogP contribution < -0.4 is 0 Å². The highest BCUT2D eigenvalue weighted by Crippen LogP contribution is 2.07. The SMILES string of the molecule is c1ccc2nc(-n3cncn3)nnc2c1. The number of fused-ring (bicyclic) bond motifs is 1. The van der Waals surface area contributed by atoms with Crippen molar-refractivity contribution in [3.8, 4) is 5.95 Å². The van der Waals surface area contributed by atoms with E-state index < -0.39 is 0 Å². The molecule has 0 N–H and O–H groups in total. The van der Waals surface area contributed by atoms with Gasteiger partial charge in [-0.3, -0.25) is 0 Å². The number of hydrogen-bond acceptors (Lipinski definition) is 5. The standard InChI is InChI=1S/C9H6N6/c1-2-4-8-7(3-1)12-9(14-13-8)15-6-10-5-11-15/h1-6H. The molecule has 0 fully saturated rings. The van der Waals surface area contributed by atoms with Crippen LogP contribution in [0.2, 0.25) is 0 Å². The normalized spacial score (nSPS) is 10.7. The number of hydrogen-bond donors (Lipinski definition) is 0. The van der Waals surface area contributed by atoms with Crippen LogP contribution in [0.1, 0.15) is 0 Å². The summed E-state index contributed by atoms with van der Waals surface area (Å²) in [6, 6.07) is 7.54. The molecule has 0 unspecified atom stereocenters. The molecule has 0 aliphatic rings. The molecule has 0 spiro atoms. The van der Waals surface area contributed by atoms with Crippen LogP contribution in [0.25, 0.3) is 17.0 Å². The molecule has 15 heavy (non-hydrogen) atoms. The minimum Gasteiger partial charge on any atom is -0.223 e. The lowest BCUT2D eigenvalue weighted by atomic mass is 10.3. The maximum Gasteiger partial charge on any atom is 0.272 e. The molecule has 0 atom stereocenters. The predicted molar refractivity (Wildman–Crippen MR) is 52.3 cm³/mol. The highest BCUT2D eigenvalue weighted by Gasteiger charge is 2.02. The highest BCUT2D eigenvalue weighted by atomic mass is 15.4. The van der Waals surface area contributed by atoms with Crippen molar-refractivity contribution in [3.63, 3.8) is 0 Å². The Morgan fingerprint density at radius 3 is 2.67 bits per heavy atom. The van der Waals surface area contributed by atoms with Gasteiger partial charge in [0.15, 0.2) is 0 Å². The Morgan fingerprint density at radius 2 is 1.87 bits per heavy atom. The Labute approximate surface area is 84.6 Å². The second kappa shape index (κ2) is 3.09. The fraction of sp³-hybridized carbons (Fsp3) is 0. The molecule has 6 nitrogen and oxygen atoms in total. The molecule has 2 aromatic heterocycles. The van der Waals surface area contributed by atoms with E-state index in [4.69, 9.17) is 0 Å². The molecule has 0 saturated heterocycles. The summed E-state index contributed by atoms with van der Waals surface area (Å²) in [5.74, 6) is 0.422. The molecular formula is C9H6N6. The number of benzene rings is 1. The Bertz CT molecular complexity index is 588. The van der Waals surface area contributed by atoms with E-state index in [-0.39, 0.29) is 0 Å². The van der Waals surface area contributed by atoms with Gasteiger partial charge in [-0.05, 0) is 12.1 Å². The number of rotatable bonds is 1. The van der Waals surface area contributed by atoms with Gasteiger partial charge in [-0.15, -0.1) is 10.2 Å². The van der Waals surface area contributed by atoms with Gasteiger partial charge in [-0.1, -0.05) is 12.1 Å². The fourth-order valence-electron chi connectivity index (χ4n) is 1.28. The summed E-state index contributed by atoms with van der Waals surface area (Å²) in [4.78, 5) is 8.13. The molecule has 72 valence electrons. The van der Waals surface area contributed by atoms with Crippen molar-refractivity contribution in [2.45, 2.75) is 0 Å². The van der Waals surface area contributed by atoms with Crippen LogP contribution in [0.3, 0.4) is 0 Å². The molecule has 1 aromatic carbocycles. The van der Waals surface area contributed by atoms with Crippen molar-refractivity contribution in [3.05, 3.63) is 36.9 Å². The monoisotopic (exact) mass is 198 g/mol. The van der Waals surface area contributed by atoms with Gasteiger partial charge in [0, 0.05) is 0 Å². The van der Waals surface area contributed by atoms with E-state index in [0.29, 0.717) is 5.95 Å². The highest BCUT2D eigenvalue weighted by molar-refractivity contribution is 5.73. The van der Waals surface area contributed by atoms with Gasteiger partial charge in [0.1, 0.15) is 18.2 Å². The summed E-state index contributed by atoms with van der Waals surface area (Å²) in [5, 5.41) is 11.9. The summed E-state index contributed by atoms with van der Waals surface area (Å²) < 4.78 is 1.47. The number of para-hydroxylation sites is 1. The third-order valence-corrected chi connectivity index (χ3v) is 1.97. The zero-order valence-corrected chi connectivity index (χ0v) is 7.65. The summed E-state index contributed by atoms with van der Waals surface area (Å²) >= 11 is 0. The maximum absolute atomic E-state index is 4.30. The van der Waals surface area contributed by atoms with Crippen molar-refractivity contribution in [2.75, 3.05) is 0 Å². The van der Waals surface area contributed by atoms with Crippen LogP contribution in [-0.2, 0) is 0 Å². The van der Waals surface area contributed by atoms with Crippen LogP contribution >= 0.6 is 0 Å². The lowest BCUT2D eigenvalue weighted by Crippen LogP contribution is -2.03. The number of aromatic nitrogens is 6. The maximum atomic E-state index is 4.30. The summed E-state index contributed by atoms with van der Waals surface area (Å²) in [5.41, 5.74) is 1.55. The van der Waals surface area contributed by atoms with Crippen molar-refractivity contribution in [1.82, 2.24) is 29.9 Å². The van der Waals surface area contributed by atoms with Crippen LogP contribution in [0.5, 0.6) is 0 Å². The average Bonchev–Trinajstić information content (AvgIpc) is 2.82. The zero-order chi connectivity index (χ0) is 10.1. The molecule has 0 saturated carbocycles. The van der Waals surface area contributed by atoms with E-state index in [1.54, 1.807) is 0 Å². The van der Waals surface area contributed by atoms with Crippen molar-refractivity contribution >= 4 is 11.0 Å². The first-order valence-corrected chi connectivity index (χ1v) is 4.38. The Hall–Kier alpha value is -2.37. The lowest BCUT2D eigenvalue weighted by molar-refractivity contribution is 0.785. The zero-order valence-electron chi connectivity index (χ0n) is 7.65. The van der Waals surface area contributed by atoms with Crippen molar-refractivity contribution < 1.29 is 0 Å². The van der Waals surface area contributed by atoms with Gasteiger partial charge in [-0.25, -0.2) is 9.97 Å². The van der Waals surface area contributed by atoms with Gasteiger partial charge in [-0.2, -0.15) is 9.78 Å². The second-order valence-electron chi connectivity index (χ2n) is 2.94. The minimum atomic E-state index is 0.422. The first-order chi connectivity index (χ1) is 7.43.